The molecular formula is C15H27NO5. The fourth-order valence-corrected chi connectivity index (χ4v) is 2.85. The lowest BCUT2D eigenvalue weighted by Crippen LogP contribution is -2.64. The van der Waals surface area contributed by atoms with E-state index in [1.807, 2.05) is 0 Å². The molecule has 122 valence electrons. The molecule has 1 aliphatic rings. The Balaban J connectivity index is 3.07. The van der Waals surface area contributed by atoms with Crippen molar-refractivity contribution in [3.8, 4) is 0 Å². The average molecular weight is 301 g/mol. The van der Waals surface area contributed by atoms with Crippen LogP contribution in [0.3, 0.4) is 0 Å². The van der Waals surface area contributed by atoms with E-state index < -0.39 is 29.2 Å². The van der Waals surface area contributed by atoms with E-state index in [9.17, 15) is 14.7 Å². The second-order valence-electron chi connectivity index (χ2n) is 6.67. The zero-order chi connectivity index (χ0) is 16.3. The molecule has 21 heavy (non-hydrogen) atoms. The molecule has 0 heterocycles. The quantitative estimate of drug-likeness (QED) is 0.592. The normalized spacial score (nSPS) is 21.4. The first kappa shape index (κ1) is 17.9. The number of carbonyl (C=O) groups excluding carboxylic acids is 1. The molecule has 1 unspecified atom stereocenters. The lowest BCUT2D eigenvalue weighted by atomic mass is 9.76. The van der Waals surface area contributed by atoms with E-state index in [1.165, 1.54) is 7.11 Å². The Morgan fingerprint density at radius 1 is 1.19 bits per heavy atom. The third-order valence-corrected chi connectivity index (χ3v) is 3.97. The summed E-state index contributed by atoms with van der Waals surface area (Å²) in [5.74, 6) is -2.37. The van der Waals surface area contributed by atoms with Gasteiger partial charge < -0.3 is 20.3 Å². The molecule has 3 N–H and O–H groups in total. The molecule has 0 aromatic heterocycles. The van der Waals surface area contributed by atoms with Crippen molar-refractivity contribution in [3.05, 3.63) is 0 Å². The summed E-state index contributed by atoms with van der Waals surface area (Å²) >= 11 is 0. The van der Waals surface area contributed by atoms with Gasteiger partial charge in [0, 0.05) is 7.11 Å². The van der Waals surface area contributed by atoms with Crippen LogP contribution in [-0.4, -0.2) is 41.4 Å². The van der Waals surface area contributed by atoms with Gasteiger partial charge in [-0.25, -0.2) is 9.59 Å². The molecule has 0 aliphatic heterocycles. The third kappa shape index (κ3) is 3.95. The fraction of sp³-hybridized carbons (Fsp3) is 0.867. The van der Waals surface area contributed by atoms with E-state index in [2.05, 4.69) is 0 Å². The number of hydrogen-bond donors (Lipinski definition) is 2. The van der Waals surface area contributed by atoms with Crippen molar-refractivity contribution in [2.75, 3.05) is 7.11 Å². The molecule has 0 bridgehead atoms. The molecule has 0 saturated heterocycles. The van der Waals surface area contributed by atoms with E-state index in [-0.39, 0.29) is 5.92 Å². The van der Waals surface area contributed by atoms with E-state index >= 15 is 0 Å². The van der Waals surface area contributed by atoms with Gasteiger partial charge in [0.25, 0.3) is 5.60 Å². The van der Waals surface area contributed by atoms with Crippen LogP contribution in [-0.2, 0) is 19.1 Å². The van der Waals surface area contributed by atoms with E-state index in [0.717, 1.165) is 32.1 Å². The Morgan fingerprint density at radius 2 is 1.71 bits per heavy atom. The number of carboxylic acids is 1. The van der Waals surface area contributed by atoms with Gasteiger partial charge in [-0.3, -0.25) is 0 Å². The molecule has 1 aliphatic carbocycles. The van der Waals surface area contributed by atoms with Gasteiger partial charge in [0.15, 0.2) is 0 Å². The Hall–Kier alpha value is -1.14. The predicted molar refractivity (Wildman–Crippen MR) is 77.8 cm³/mol. The minimum atomic E-state index is -2.14. The van der Waals surface area contributed by atoms with Crippen molar-refractivity contribution in [1.82, 2.24) is 0 Å². The van der Waals surface area contributed by atoms with E-state index in [0.29, 0.717) is 0 Å². The summed E-state index contributed by atoms with van der Waals surface area (Å²) in [5.41, 5.74) is 3.21. The summed E-state index contributed by atoms with van der Waals surface area (Å²) in [5, 5.41) is 9.59. The molecule has 0 aromatic rings. The van der Waals surface area contributed by atoms with Crippen LogP contribution in [0.2, 0.25) is 0 Å². The highest BCUT2D eigenvalue weighted by Gasteiger charge is 2.56. The first-order valence-corrected chi connectivity index (χ1v) is 7.42. The molecule has 0 aromatic carbocycles. The number of aliphatic carboxylic acids is 1. The van der Waals surface area contributed by atoms with Crippen LogP contribution in [0.25, 0.3) is 0 Å². The zero-order valence-electron chi connectivity index (χ0n) is 13.3. The highest BCUT2D eigenvalue weighted by Crippen LogP contribution is 2.33. The van der Waals surface area contributed by atoms with Crippen molar-refractivity contribution in [2.45, 2.75) is 70.1 Å². The van der Waals surface area contributed by atoms with Crippen molar-refractivity contribution in [1.29, 1.82) is 0 Å². The molecule has 1 saturated carbocycles. The van der Waals surface area contributed by atoms with Crippen molar-refractivity contribution < 1.29 is 24.2 Å². The van der Waals surface area contributed by atoms with Crippen molar-refractivity contribution in [2.24, 2.45) is 11.7 Å². The lowest BCUT2D eigenvalue weighted by molar-refractivity contribution is -0.196. The Bertz CT molecular complexity index is 384. The van der Waals surface area contributed by atoms with Gasteiger partial charge in [0.1, 0.15) is 5.60 Å². The van der Waals surface area contributed by atoms with Gasteiger partial charge in [-0.2, -0.15) is 0 Å². The van der Waals surface area contributed by atoms with Crippen LogP contribution >= 0.6 is 0 Å². The van der Waals surface area contributed by atoms with Gasteiger partial charge in [-0.15, -0.1) is 0 Å². The maximum atomic E-state index is 12.4. The predicted octanol–water partition coefficient (Wildman–Crippen LogP) is 1.71. The summed E-state index contributed by atoms with van der Waals surface area (Å²) in [6.07, 6.45) is 4.71. The smallest absolute Gasteiger partial charge is 0.352 e. The molecule has 2 atom stereocenters. The molecule has 6 nitrogen and oxygen atoms in total. The van der Waals surface area contributed by atoms with E-state index in [1.54, 1.807) is 20.8 Å². The number of rotatable bonds is 5. The Morgan fingerprint density at radius 3 is 2.10 bits per heavy atom. The number of esters is 1. The summed E-state index contributed by atoms with van der Waals surface area (Å²) in [4.78, 5) is 24.2. The zero-order valence-corrected chi connectivity index (χ0v) is 13.3. The minimum absolute atomic E-state index is 0.0534. The number of ether oxygens (including phenoxy) is 2. The lowest BCUT2D eigenvalue weighted by Gasteiger charge is -2.38. The van der Waals surface area contributed by atoms with Crippen molar-refractivity contribution >= 4 is 11.9 Å². The summed E-state index contributed by atoms with van der Waals surface area (Å²) < 4.78 is 10.4. The Labute approximate surface area is 126 Å². The number of carboxylic acid groups (broad SMARTS) is 1. The van der Waals surface area contributed by atoms with Crippen LogP contribution in [0, 0.1) is 5.92 Å². The third-order valence-electron chi connectivity index (χ3n) is 3.97. The summed E-state index contributed by atoms with van der Waals surface area (Å²) in [7, 11) is 1.20. The summed E-state index contributed by atoms with van der Waals surface area (Å²) in [6.45, 7) is 5.04. The average Bonchev–Trinajstić information content (AvgIpc) is 2.38. The van der Waals surface area contributed by atoms with Gasteiger partial charge in [0.2, 0.25) is 0 Å². The molecular weight excluding hydrogens is 274 g/mol. The molecule has 0 amide bonds. The van der Waals surface area contributed by atoms with Gasteiger partial charge >= 0.3 is 11.9 Å². The molecule has 6 heteroatoms. The second kappa shape index (κ2) is 6.75. The van der Waals surface area contributed by atoms with Crippen molar-refractivity contribution in [3.63, 3.8) is 0 Å². The second-order valence-corrected chi connectivity index (χ2v) is 6.67. The molecule has 0 spiro atoms. The maximum Gasteiger partial charge on any atom is 0.352 e. The van der Waals surface area contributed by atoms with Crippen LogP contribution in [0.5, 0.6) is 0 Å². The maximum absolute atomic E-state index is 12.4. The number of carbonyl (C=O) groups is 2. The standard InChI is InChI=1S/C15H27NO5/c1-14(2,3)21-13(19)15(20-4,12(17)18)11(16)10-8-6-5-7-9-10/h10-11H,5-9,16H2,1-4H3,(H,17,18)/t11?,15-/m0/s1. The molecule has 1 rings (SSSR count). The van der Waals surface area contributed by atoms with Crippen LogP contribution in [0.1, 0.15) is 52.9 Å². The SMILES string of the molecule is CO[C@@](C(=O)O)(C(=O)OC(C)(C)C)C(N)C1CCCCC1. The number of nitrogens with two attached hydrogens (primary N) is 1. The van der Waals surface area contributed by atoms with Gasteiger partial charge in [-0.05, 0) is 39.5 Å². The van der Waals surface area contributed by atoms with Crippen LogP contribution in [0.15, 0.2) is 0 Å². The number of hydrogen-bond acceptors (Lipinski definition) is 5. The number of methoxy groups -OCH3 is 1. The van der Waals surface area contributed by atoms with E-state index in [4.69, 9.17) is 15.2 Å². The molecule has 0 radical (unpaired) electrons. The van der Waals surface area contributed by atoms with Crippen LogP contribution < -0.4 is 5.73 Å². The molecule has 1 fully saturated rings. The first-order chi connectivity index (χ1) is 9.65. The largest absolute Gasteiger partial charge is 0.479 e. The van der Waals surface area contributed by atoms with Gasteiger partial charge in [-0.1, -0.05) is 19.3 Å². The van der Waals surface area contributed by atoms with Crippen LogP contribution in [0.4, 0.5) is 0 Å². The summed E-state index contributed by atoms with van der Waals surface area (Å²) in [6, 6.07) is -0.921. The highest BCUT2D eigenvalue weighted by atomic mass is 16.6. The Kier molecular flexibility index (Phi) is 5.75. The topological polar surface area (TPSA) is 98.8 Å². The highest BCUT2D eigenvalue weighted by molar-refractivity contribution is 6.04. The van der Waals surface area contributed by atoms with Gasteiger partial charge in [0.05, 0.1) is 6.04 Å². The minimum Gasteiger partial charge on any atom is -0.479 e. The fourth-order valence-electron chi connectivity index (χ4n) is 2.85. The monoisotopic (exact) mass is 301 g/mol. The first-order valence-electron chi connectivity index (χ1n) is 7.42.